The molecule has 0 saturated carbocycles. The van der Waals surface area contributed by atoms with E-state index >= 15 is 0 Å². The Bertz CT molecular complexity index is 1520. The number of aryl methyl sites for hydroxylation is 1. The highest BCUT2D eigenvalue weighted by molar-refractivity contribution is 6.32. The number of rotatable bonds is 9. The zero-order valence-electron chi connectivity index (χ0n) is 21.2. The second kappa shape index (κ2) is 12.1. The topological polar surface area (TPSA) is 88.5 Å². The minimum absolute atomic E-state index is 0.123. The Morgan fingerprint density at radius 2 is 1.82 bits per heavy atom. The number of ether oxygens (including phenoxy) is 1. The zero-order valence-corrected chi connectivity index (χ0v) is 22.7. The first kappa shape index (κ1) is 27.2. The van der Waals surface area contributed by atoms with Crippen LogP contribution < -0.4 is 20.9 Å². The summed E-state index contributed by atoms with van der Waals surface area (Å²) in [7, 11) is 3.87. The van der Waals surface area contributed by atoms with E-state index in [0.717, 1.165) is 5.56 Å². The molecule has 4 rings (SSSR count). The van der Waals surface area contributed by atoms with Crippen LogP contribution in [0, 0.1) is 6.92 Å². The van der Waals surface area contributed by atoms with Crippen molar-refractivity contribution in [2.45, 2.75) is 6.92 Å². The summed E-state index contributed by atoms with van der Waals surface area (Å²) in [6.45, 7) is 3.08. The fourth-order valence-electron chi connectivity index (χ4n) is 3.61. The Hall–Kier alpha value is -3.85. The highest BCUT2D eigenvalue weighted by Gasteiger charge is 2.17. The number of likely N-dealkylation sites (N-methyl/N-ethyl adjacent to an activating group) is 1. The number of benzene rings is 3. The highest BCUT2D eigenvalue weighted by atomic mass is 35.5. The second-order valence-electron chi connectivity index (χ2n) is 8.83. The number of hydrogen-bond donors (Lipinski definition) is 2. The first-order valence-electron chi connectivity index (χ1n) is 11.8. The molecule has 0 aliphatic rings. The molecule has 0 aliphatic heterocycles. The number of aromatic nitrogens is 2. The number of nitrogens with zero attached hydrogens (tertiary/aromatic N) is 3. The molecule has 0 radical (unpaired) electrons. The van der Waals surface area contributed by atoms with Gasteiger partial charge in [0.05, 0.1) is 16.9 Å². The van der Waals surface area contributed by atoms with Crippen LogP contribution in [0.25, 0.3) is 5.69 Å². The van der Waals surface area contributed by atoms with Gasteiger partial charge in [-0.15, -0.1) is 0 Å². The maximum absolute atomic E-state index is 13.7. The van der Waals surface area contributed by atoms with Crippen LogP contribution >= 0.6 is 23.2 Å². The average molecular weight is 552 g/mol. The fourth-order valence-corrected chi connectivity index (χ4v) is 3.94. The van der Waals surface area contributed by atoms with Crippen LogP contribution in [0.3, 0.4) is 0 Å². The summed E-state index contributed by atoms with van der Waals surface area (Å²) in [4.78, 5) is 28.3. The van der Waals surface area contributed by atoms with Gasteiger partial charge in [0.2, 0.25) is 0 Å². The smallest absolute Gasteiger partial charge is 0.299 e. The van der Waals surface area contributed by atoms with E-state index in [2.05, 4.69) is 15.7 Å². The Labute approximate surface area is 230 Å². The third-order valence-corrected chi connectivity index (χ3v) is 6.36. The van der Waals surface area contributed by atoms with Crippen molar-refractivity contribution in [1.82, 2.24) is 20.0 Å². The molecule has 10 heteroatoms. The molecule has 3 aromatic carbocycles. The van der Waals surface area contributed by atoms with Crippen LogP contribution in [0.15, 0.2) is 77.7 Å². The monoisotopic (exact) mass is 551 g/mol. The Morgan fingerprint density at radius 1 is 1.03 bits per heavy atom. The van der Waals surface area contributed by atoms with Crippen LogP contribution in [0.1, 0.15) is 15.9 Å². The van der Waals surface area contributed by atoms with Gasteiger partial charge in [0, 0.05) is 29.4 Å². The molecule has 8 nitrogen and oxygen atoms in total. The molecule has 1 amide bonds. The first-order chi connectivity index (χ1) is 18.2. The van der Waals surface area contributed by atoms with Crippen molar-refractivity contribution in [3.8, 4) is 17.2 Å². The molecule has 0 aliphatic carbocycles. The number of hydrogen-bond acceptors (Lipinski definition) is 6. The number of halogens is 2. The molecule has 0 saturated heterocycles. The van der Waals surface area contributed by atoms with E-state index in [4.69, 9.17) is 27.9 Å². The molecular formula is C28H27Cl2N5O3. The van der Waals surface area contributed by atoms with Crippen LogP contribution in [0.4, 0.5) is 11.4 Å². The molecule has 0 fully saturated rings. The molecule has 1 aromatic heterocycles. The quantitative estimate of drug-likeness (QED) is 0.278. The lowest BCUT2D eigenvalue weighted by Crippen LogP contribution is -2.31. The first-order valence-corrected chi connectivity index (χ1v) is 12.6. The molecule has 196 valence electrons. The SMILES string of the molecule is Cc1cc(Oc2cnn(-c3ccccc3Cl)c(=O)c2Nc2cccc(C(=O)NCCN(C)C)c2)ccc1Cl. The Balaban J connectivity index is 1.72. The lowest BCUT2D eigenvalue weighted by Gasteiger charge is -2.16. The number of para-hydroxylation sites is 1. The highest BCUT2D eigenvalue weighted by Crippen LogP contribution is 2.31. The van der Waals surface area contributed by atoms with Gasteiger partial charge in [0.25, 0.3) is 11.5 Å². The molecule has 0 atom stereocenters. The summed E-state index contributed by atoms with van der Waals surface area (Å²) >= 11 is 12.5. The van der Waals surface area contributed by atoms with E-state index in [1.165, 1.54) is 10.9 Å². The predicted octanol–water partition coefficient (Wildman–Crippen LogP) is 5.68. The van der Waals surface area contributed by atoms with Crippen molar-refractivity contribution >= 4 is 40.5 Å². The molecule has 4 aromatic rings. The Morgan fingerprint density at radius 3 is 2.55 bits per heavy atom. The molecule has 0 spiro atoms. The standard InChI is InChI=1S/C28H27Cl2N5O3/c1-18-15-21(11-12-22(18)29)38-25-17-32-35(24-10-5-4-9-23(24)30)28(37)26(25)33-20-8-6-7-19(16-20)27(36)31-13-14-34(2)3/h4-12,15-17,33H,13-14H2,1-3H3,(H,31,36). The van der Waals surface area contributed by atoms with Crippen molar-refractivity contribution in [1.29, 1.82) is 0 Å². The summed E-state index contributed by atoms with van der Waals surface area (Å²) < 4.78 is 7.26. The van der Waals surface area contributed by atoms with E-state index in [-0.39, 0.29) is 17.3 Å². The van der Waals surface area contributed by atoms with E-state index < -0.39 is 5.56 Å². The van der Waals surface area contributed by atoms with Gasteiger partial charge in [-0.25, -0.2) is 0 Å². The maximum Gasteiger partial charge on any atom is 0.299 e. The molecule has 0 bridgehead atoms. The van der Waals surface area contributed by atoms with Crippen molar-refractivity contribution in [3.05, 3.63) is 104 Å². The van der Waals surface area contributed by atoms with E-state index in [0.29, 0.717) is 45.8 Å². The number of anilines is 2. The van der Waals surface area contributed by atoms with Crippen LogP contribution in [-0.2, 0) is 0 Å². The molecule has 1 heterocycles. The van der Waals surface area contributed by atoms with Crippen LogP contribution in [0.2, 0.25) is 10.0 Å². The lowest BCUT2D eigenvalue weighted by molar-refractivity contribution is 0.0951. The van der Waals surface area contributed by atoms with Crippen molar-refractivity contribution in [3.63, 3.8) is 0 Å². The van der Waals surface area contributed by atoms with E-state index in [9.17, 15) is 9.59 Å². The number of nitrogens with one attached hydrogen (secondary N) is 2. The van der Waals surface area contributed by atoms with E-state index in [1.807, 2.05) is 25.9 Å². The zero-order chi connectivity index (χ0) is 27.2. The summed E-state index contributed by atoms with van der Waals surface area (Å²) in [5.41, 5.74) is 1.86. The molecule has 2 N–H and O–H groups in total. The third-order valence-electron chi connectivity index (χ3n) is 5.62. The van der Waals surface area contributed by atoms with Crippen LogP contribution in [0.5, 0.6) is 11.5 Å². The van der Waals surface area contributed by atoms with Gasteiger partial charge in [-0.3, -0.25) is 9.59 Å². The van der Waals surface area contributed by atoms with Gasteiger partial charge in [-0.2, -0.15) is 9.78 Å². The number of carbonyl (C=O) groups is 1. The van der Waals surface area contributed by atoms with Crippen LogP contribution in [-0.4, -0.2) is 47.8 Å². The number of carbonyl (C=O) groups excluding carboxylic acids is 1. The third kappa shape index (κ3) is 6.52. The summed E-state index contributed by atoms with van der Waals surface area (Å²) in [6, 6.07) is 19.0. The van der Waals surface area contributed by atoms with Gasteiger partial charge in [0.1, 0.15) is 5.75 Å². The lowest BCUT2D eigenvalue weighted by atomic mass is 10.2. The molecular weight excluding hydrogens is 525 g/mol. The maximum atomic E-state index is 13.7. The van der Waals surface area contributed by atoms with Gasteiger partial charge in [-0.05, 0) is 75.1 Å². The van der Waals surface area contributed by atoms with Crippen molar-refractivity contribution < 1.29 is 9.53 Å². The van der Waals surface area contributed by atoms with Gasteiger partial charge in [-0.1, -0.05) is 41.4 Å². The summed E-state index contributed by atoms with van der Waals surface area (Å²) in [5, 5.41) is 11.3. The summed E-state index contributed by atoms with van der Waals surface area (Å²) in [5.74, 6) is 0.466. The molecule has 0 unspecified atom stereocenters. The minimum atomic E-state index is -0.484. The van der Waals surface area contributed by atoms with Gasteiger partial charge < -0.3 is 20.3 Å². The normalized spacial score (nSPS) is 10.9. The largest absolute Gasteiger partial charge is 0.453 e. The minimum Gasteiger partial charge on any atom is -0.453 e. The van der Waals surface area contributed by atoms with Crippen molar-refractivity contribution in [2.24, 2.45) is 0 Å². The average Bonchev–Trinajstić information content (AvgIpc) is 2.89. The predicted molar refractivity (Wildman–Crippen MR) is 152 cm³/mol. The van der Waals surface area contributed by atoms with Crippen molar-refractivity contribution in [2.75, 3.05) is 32.5 Å². The Kier molecular flexibility index (Phi) is 8.68. The number of amides is 1. The van der Waals surface area contributed by atoms with E-state index in [1.54, 1.807) is 66.7 Å². The second-order valence-corrected chi connectivity index (χ2v) is 9.64. The summed E-state index contributed by atoms with van der Waals surface area (Å²) in [6.07, 6.45) is 1.44. The fraction of sp³-hybridized carbons (Fsp3) is 0.179. The van der Waals surface area contributed by atoms with Gasteiger partial charge in [0.15, 0.2) is 11.4 Å². The van der Waals surface area contributed by atoms with Gasteiger partial charge >= 0.3 is 0 Å². The molecule has 38 heavy (non-hydrogen) atoms.